The van der Waals surface area contributed by atoms with Crippen LogP contribution in [0, 0.1) is 0 Å². The zero-order valence-electron chi connectivity index (χ0n) is 9.65. The van der Waals surface area contributed by atoms with E-state index in [1.165, 1.54) is 4.21 Å². The summed E-state index contributed by atoms with van der Waals surface area (Å²) in [6, 6.07) is 10.9. The molecule has 2 N–H and O–H groups in total. The molecule has 3 nitrogen and oxygen atoms in total. The summed E-state index contributed by atoms with van der Waals surface area (Å²) in [5.74, 6) is 1.64. The minimum absolute atomic E-state index is 0.468. The number of benzene rings is 1. The molecule has 0 atom stereocenters. The van der Waals surface area contributed by atoms with Gasteiger partial charge in [-0.2, -0.15) is 0 Å². The first-order chi connectivity index (χ1) is 8.75. The molecule has 0 aliphatic rings. The smallest absolute Gasteiger partial charge is 0.488 e. The maximum Gasteiger partial charge on any atom is 0.488 e. The van der Waals surface area contributed by atoms with Gasteiger partial charge in [0.05, 0.1) is 10.8 Å². The van der Waals surface area contributed by atoms with Crippen molar-refractivity contribution in [1.29, 1.82) is 0 Å². The van der Waals surface area contributed by atoms with E-state index in [9.17, 15) is 0 Å². The van der Waals surface area contributed by atoms with E-state index in [0.29, 0.717) is 12.1 Å². The van der Waals surface area contributed by atoms with Gasteiger partial charge in [-0.15, -0.1) is 23.1 Å². The van der Waals surface area contributed by atoms with Crippen molar-refractivity contribution in [3.8, 4) is 5.75 Å². The van der Waals surface area contributed by atoms with Crippen molar-refractivity contribution in [2.24, 2.45) is 0 Å². The van der Waals surface area contributed by atoms with Crippen LogP contribution in [0.2, 0.25) is 0 Å². The van der Waals surface area contributed by atoms with E-state index in [2.05, 4.69) is 11.4 Å². The first-order valence-corrected chi connectivity index (χ1v) is 7.37. The molecule has 0 fully saturated rings. The number of hydrogen-bond donors (Lipinski definition) is 2. The van der Waals surface area contributed by atoms with E-state index in [-0.39, 0.29) is 0 Å². The molecular weight excluding hydrogens is 267 g/mol. The lowest BCUT2D eigenvalue weighted by Gasteiger charge is -2.06. The van der Waals surface area contributed by atoms with Gasteiger partial charge in [0.1, 0.15) is 5.75 Å². The van der Waals surface area contributed by atoms with Crippen molar-refractivity contribution in [3.63, 3.8) is 0 Å². The Kier molecular flexibility index (Phi) is 5.13. The van der Waals surface area contributed by atoms with Gasteiger partial charge in [0.15, 0.2) is 0 Å². The molecule has 1 aromatic carbocycles. The fourth-order valence-corrected chi connectivity index (χ4v) is 3.06. The Bertz CT molecular complexity index is 457. The average Bonchev–Trinajstić information content (AvgIpc) is 2.88. The maximum absolute atomic E-state index is 8.95. The Morgan fingerprint density at radius 2 is 1.94 bits per heavy atom. The third-order valence-corrected chi connectivity index (χ3v) is 4.36. The molecule has 1 aromatic heterocycles. The van der Waals surface area contributed by atoms with Crippen LogP contribution in [0.4, 0.5) is 0 Å². The van der Waals surface area contributed by atoms with Crippen molar-refractivity contribution >= 4 is 35.7 Å². The van der Waals surface area contributed by atoms with Gasteiger partial charge in [0.2, 0.25) is 0 Å². The lowest BCUT2D eigenvalue weighted by molar-refractivity contribution is 0.344. The monoisotopic (exact) mass is 280 g/mol. The summed E-state index contributed by atoms with van der Waals surface area (Å²) in [6.45, 7) is 0.629. The molecule has 0 aliphatic carbocycles. The van der Waals surface area contributed by atoms with Gasteiger partial charge < -0.3 is 14.8 Å². The Morgan fingerprint density at radius 1 is 1.17 bits per heavy atom. The molecule has 0 saturated carbocycles. The minimum Gasteiger partial charge on any atom is -0.493 e. The first kappa shape index (κ1) is 13.5. The quantitative estimate of drug-likeness (QED) is 0.479. The van der Waals surface area contributed by atoms with Crippen molar-refractivity contribution in [3.05, 3.63) is 41.8 Å². The van der Waals surface area contributed by atoms with E-state index >= 15 is 0 Å². The molecule has 0 radical (unpaired) electrons. The van der Waals surface area contributed by atoms with Crippen LogP contribution in [0.15, 0.2) is 46.0 Å². The number of ether oxygens (including phenoxy) is 1. The highest BCUT2D eigenvalue weighted by Crippen LogP contribution is 2.23. The summed E-state index contributed by atoms with van der Waals surface area (Å²) in [5.41, 5.74) is 0.468. The Labute approximate surface area is 115 Å². The van der Waals surface area contributed by atoms with Gasteiger partial charge in [-0.05, 0) is 29.0 Å². The fraction of sp³-hybridized carbons (Fsp3) is 0.167. The standard InChI is InChI=1S/C12H13BO3S2/c14-13(15)10-3-5-11(6-4-10)16-7-9-18-12-2-1-8-17-12/h1-6,8,14-15H,7,9H2. The summed E-state index contributed by atoms with van der Waals surface area (Å²) in [6.07, 6.45) is 0. The lowest BCUT2D eigenvalue weighted by Crippen LogP contribution is -2.29. The van der Waals surface area contributed by atoms with E-state index < -0.39 is 7.12 Å². The zero-order chi connectivity index (χ0) is 12.8. The van der Waals surface area contributed by atoms with Crippen LogP contribution in [0.3, 0.4) is 0 Å². The van der Waals surface area contributed by atoms with Crippen molar-refractivity contribution < 1.29 is 14.8 Å². The van der Waals surface area contributed by atoms with Gasteiger partial charge in [0, 0.05) is 5.75 Å². The summed E-state index contributed by atoms with van der Waals surface area (Å²) in [7, 11) is -1.42. The summed E-state index contributed by atoms with van der Waals surface area (Å²) in [4.78, 5) is 0. The molecule has 2 rings (SSSR count). The van der Waals surface area contributed by atoms with Crippen molar-refractivity contribution in [2.75, 3.05) is 12.4 Å². The van der Waals surface area contributed by atoms with Crippen LogP contribution in [-0.2, 0) is 0 Å². The molecule has 0 amide bonds. The summed E-state index contributed by atoms with van der Waals surface area (Å²) >= 11 is 3.49. The third-order valence-electron chi connectivity index (χ3n) is 2.27. The van der Waals surface area contributed by atoms with Crippen LogP contribution in [0.1, 0.15) is 0 Å². The molecule has 18 heavy (non-hydrogen) atoms. The Hall–Kier alpha value is -0.945. The summed E-state index contributed by atoms with van der Waals surface area (Å²) < 4.78 is 6.85. The maximum atomic E-state index is 8.95. The molecule has 0 unspecified atom stereocenters. The SMILES string of the molecule is OB(O)c1ccc(OCCSc2cccs2)cc1. The van der Waals surface area contributed by atoms with Gasteiger partial charge in [-0.25, -0.2) is 0 Å². The second-order valence-corrected chi connectivity index (χ2v) is 5.91. The molecule has 0 bridgehead atoms. The predicted molar refractivity (Wildman–Crippen MR) is 76.8 cm³/mol. The zero-order valence-corrected chi connectivity index (χ0v) is 11.3. The van der Waals surface area contributed by atoms with E-state index in [0.717, 1.165) is 11.5 Å². The van der Waals surface area contributed by atoms with E-state index in [4.69, 9.17) is 14.8 Å². The van der Waals surface area contributed by atoms with Gasteiger partial charge >= 0.3 is 7.12 Å². The van der Waals surface area contributed by atoms with Crippen LogP contribution < -0.4 is 10.2 Å². The average molecular weight is 280 g/mol. The van der Waals surface area contributed by atoms with Crippen LogP contribution in [0.5, 0.6) is 5.75 Å². The number of thiophene rings is 1. The third kappa shape index (κ3) is 4.06. The molecule has 2 aromatic rings. The molecule has 0 aliphatic heterocycles. The summed E-state index contributed by atoms with van der Waals surface area (Å²) in [5, 5.41) is 20.0. The number of thioether (sulfide) groups is 1. The largest absolute Gasteiger partial charge is 0.493 e. The molecule has 94 valence electrons. The highest BCUT2D eigenvalue weighted by Gasteiger charge is 2.09. The van der Waals surface area contributed by atoms with Gasteiger partial charge in [-0.3, -0.25) is 0 Å². The van der Waals surface area contributed by atoms with Crippen molar-refractivity contribution in [2.45, 2.75) is 4.21 Å². The van der Waals surface area contributed by atoms with E-state index in [1.54, 1.807) is 47.4 Å². The second kappa shape index (κ2) is 6.85. The topological polar surface area (TPSA) is 49.7 Å². The van der Waals surface area contributed by atoms with Gasteiger partial charge in [-0.1, -0.05) is 18.2 Å². The highest BCUT2D eigenvalue weighted by atomic mass is 32.2. The second-order valence-electron chi connectivity index (χ2n) is 3.57. The first-order valence-electron chi connectivity index (χ1n) is 5.51. The van der Waals surface area contributed by atoms with Crippen LogP contribution in [-0.4, -0.2) is 29.5 Å². The molecular formula is C12H13BO3S2. The van der Waals surface area contributed by atoms with Crippen LogP contribution >= 0.6 is 23.1 Å². The van der Waals surface area contributed by atoms with Crippen molar-refractivity contribution in [1.82, 2.24) is 0 Å². The molecule has 6 heteroatoms. The Balaban J connectivity index is 1.73. The minimum atomic E-state index is -1.42. The van der Waals surface area contributed by atoms with Gasteiger partial charge in [0.25, 0.3) is 0 Å². The number of rotatable bonds is 6. The fourth-order valence-electron chi connectivity index (χ4n) is 1.38. The lowest BCUT2D eigenvalue weighted by atomic mass is 9.80. The Morgan fingerprint density at radius 3 is 2.56 bits per heavy atom. The highest BCUT2D eigenvalue weighted by molar-refractivity contribution is 8.01. The predicted octanol–water partition coefficient (Wildman–Crippen LogP) is 1.60. The normalized spacial score (nSPS) is 10.3. The number of hydrogen-bond acceptors (Lipinski definition) is 5. The molecule has 1 heterocycles. The van der Waals surface area contributed by atoms with Crippen LogP contribution in [0.25, 0.3) is 0 Å². The molecule has 0 spiro atoms. The van der Waals surface area contributed by atoms with E-state index in [1.807, 2.05) is 6.07 Å². The molecule has 0 saturated heterocycles.